The second kappa shape index (κ2) is 7.13. The minimum atomic E-state index is -3.41. The Hall–Kier alpha value is -1.56. The van der Waals surface area contributed by atoms with Crippen LogP contribution in [0, 0.1) is 6.92 Å². The third kappa shape index (κ3) is 4.47. The lowest BCUT2D eigenvalue weighted by Gasteiger charge is -2.10. The van der Waals surface area contributed by atoms with Crippen molar-refractivity contribution in [3.63, 3.8) is 0 Å². The van der Waals surface area contributed by atoms with E-state index in [1.54, 1.807) is 18.2 Å². The molecular formula is C16H18ClNO3S. The SMILES string of the molecule is COc1ccc(CNS(=O)(=O)Cc2ccccc2C)cc1Cl. The number of ether oxygens (including phenoxy) is 1. The van der Waals surface area contributed by atoms with Crippen molar-refractivity contribution in [3.8, 4) is 5.75 Å². The maximum absolute atomic E-state index is 12.2. The maximum atomic E-state index is 12.2. The maximum Gasteiger partial charge on any atom is 0.216 e. The van der Waals surface area contributed by atoms with Gasteiger partial charge in [-0.3, -0.25) is 0 Å². The Balaban J connectivity index is 2.04. The number of hydrogen-bond donors (Lipinski definition) is 1. The first kappa shape index (κ1) is 16.8. The van der Waals surface area contributed by atoms with E-state index in [1.807, 2.05) is 31.2 Å². The van der Waals surface area contributed by atoms with Gasteiger partial charge in [0.15, 0.2) is 0 Å². The van der Waals surface area contributed by atoms with Gasteiger partial charge >= 0.3 is 0 Å². The van der Waals surface area contributed by atoms with E-state index in [0.717, 1.165) is 16.7 Å². The van der Waals surface area contributed by atoms with Gasteiger partial charge in [0.2, 0.25) is 10.0 Å². The molecule has 0 amide bonds. The molecule has 0 aliphatic rings. The summed E-state index contributed by atoms with van der Waals surface area (Å²) in [7, 11) is -1.87. The van der Waals surface area contributed by atoms with Crippen LogP contribution in [0.25, 0.3) is 0 Å². The van der Waals surface area contributed by atoms with Crippen LogP contribution in [-0.2, 0) is 22.3 Å². The van der Waals surface area contributed by atoms with Gasteiger partial charge in [0.1, 0.15) is 5.75 Å². The van der Waals surface area contributed by atoms with Gasteiger partial charge in [0, 0.05) is 6.54 Å². The van der Waals surface area contributed by atoms with Crippen molar-refractivity contribution in [1.82, 2.24) is 4.72 Å². The van der Waals surface area contributed by atoms with Crippen molar-refractivity contribution in [1.29, 1.82) is 0 Å². The molecule has 0 saturated carbocycles. The van der Waals surface area contributed by atoms with E-state index in [1.165, 1.54) is 7.11 Å². The zero-order valence-electron chi connectivity index (χ0n) is 12.5. The van der Waals surface area contributed by atoms with Gasteiger partial charge in [-0.25, -0.2) is 13.1 Å². The summed E-state index contributed by atoms with van der Waals surface area (Å²) in [4.78, 5) is 0. The van der Waals surface area contributed by atoms with Gasteiger partial charge < -0.3 is 4.74 Å². The molecule has 2 aromatic rings. The highest BCUT2D eigenvalue weighted by Crippen LogP contribution is 2.24. The summed E-state index contributed by atoms with van der Waals surface area (Å²) in [6.07, 6.45) is 0. The molecule has 2 aromatic carbocycles. The van der Waals surface area contributed by atoms with Crippen molar-refractivity contribution in [2.45, 2.75) is 19.2 Å². The van der Waals surface area contributed by atoms with Crippen LogP contribution in [0.1, 0.15) is 16.7 Å². The van der Waals surface area contributed by atoms with Crippen LogP contribution < -0.4 is 9.46 Å². The number of sulfonamides is 1. The fourth-order valence-corrected chi connectivity index (χ4v) is 3.54. The molecule has 0 bridgehead atoms. The quantitative estimate of drug-likeness (QED) is 0.878. The second-order valence-electron chi connectivity index (χ2n) is 4.98. The molecule has 0 spiro atoms. The fraction of sp³-hybridized carbons (Fsp3) is 0.250. The van der Waals surface area contributed by atoms with Crippen LogP contribution in [0.15, 0.2) is 42.5 Å². The van der Waals surface area contributed by atoms with E-state index in [9.17, 15) is 8.42 Å². The molecule has 6 heteroatoms. The Kier molecular flexibility index (Phi) is 5.45. The molecule has 0 saturated heterocycles. The summed E-state index contributed by atoms with van der Waals surface area (Å²) in [6, 6.07) is 12.6. The third-order valence-electron chi connectivity index (χ3n) is 3.32. The minimum absolute atomic E-state index is 0.0381. The molecule has 2 rings (SSSR count). The molecule has 0 unspecified atom stereocenters. The highest BCUT2D eigenvalue weighted by Gasteiger charge is 2.13. The molecule has 0 aliphatic heterocycles. The van der Waals surface area contributed by atoms with E-state index in [4.69, 9.17) is 16.3 Å². The van der Waals surface area contributed by atoms with Crippen molar-refractivity contribution in [2.24, 2.45) is 0 Å². The van der Waals surface area contributed by atoms with Crippen molar-refractivity contribution >= 4 is 21.6 Å². The van der Waals surface area contributed by atoms with Gasteiger partial charge in [-0.05, 0) is 35.7 Å². The Morgan fingerprint density at radius 3 is 2.55 bits per heavy atom. The van der Waals surface area contributed by atoms with Gasteiger partial charge in [0.25, 0.3) is 0 Å². The average Bonchev–Trinajstić information content (AvgIpc) is 2.48. The van der Waals surface area contributed by atoms with Crippen LogP contribution in [0.5, 0.6) is 5.75 Å². The molecule has 0 fully saturated rings. The lowest BCUT2D eigenvalue weighted by atomic mass is 10.1. The topological polar surface area (TPSA) is 55.4 Å². The van der Waals surface area contributed by atoms with E-state index in [0.29, 0.717) is 10.8 Å². The molecule has 0 heterocycles. The molecule has 0 radical (unpaired) electrons. The van der Waals surface area contributed by atoms with Crippen LogP contribution in [0.3, 0.4) is 0 Å². The zero-order chi connectivity index (χ0) is 16.2. The largest absolute Gasteiger partial charge is 0.495 e. The number of aryl methyl sites for hydroxylation is 1. The van der Waals surface area contributed by atoms with E-state index in [2.05, 4.69) is 4.72 Å². The Labute approximate surface area is 136 Å². The lowest BCUT2D eigenvalue weighted by molar-refractivity contribution is 0.415. The van der Waals surface area contributed by atoms with Gasteiger partial charge in [0.05, 0.1) is 17.9 Å². The summed E-state index contributed by atoms with van der Waals surface area (Å²) in [5.41, 5.74) is 2.53. The standard InChI is InChI=1S/C16H18ClNO3S/c1-12-5-3-4-6-14(12)11-22(19,20)18-10-13-7-8-16(21-2)15(17)9-13/h3-9,18H,10-11H2,1-2H3. The van der Waals surface area contributed by atoms with E-state index in [-0.39, 0.29) is 12.3 Å². The van der Waals surface area contributed by atoms with Crippen LogP contribution in [-0.4, -0.2) is 15.5 Å². The number of rotatable bonds is 6. The number of benzene rings is 2. The van der Waals surface area contributed by atoms with Gasteiger partial charge in [-0.1, -0.05) is 41.9 Å². The highest BCUT2D eigenvalue weighted by atomic mass is 35.5. The molecule has 0 aliphatic carbocycles. The van der Waals surface area contributed by atoms with E-state index < -0.39 is 10.0 Å². The third-order valence-corrected chi connectivity index (χ3v) is 4.89. The number of nitrogens with one attached hydrogen (secondary N) is 1. The summed E-state index contributed by atoms with van der Waals surface area (Å²) in [5, 5.41) is 0.457. The van der Waals surface area contributed by atoms with Crippen LogP contribution in [0.4, 0.5) is 0 Å². The molecule has 118 valence electrons. The number of halogens is 1. The highest BCUT2D eigenvalue weighted by molar-refractivity contribution is 7.88. The smallest absolute Gasteiger partial charge is 0.216 e. The Morgan fingerprint density at radius 1 is 1.18 bits per heavy atom. The van der Waals surface area contributed by atoms with Crippen LogP contribution >= 0.6 is 11.6 Å². The number of methoxy groups -OCH3 is 1. The predicted molar refractivity (Wildman–Crippen MR) is 88.6 cm³/mol. The van der Waals surface area contributed by atoms with Crippen molar-refractivity contribution in [2.75, 3.05) is 7.11 Å². The second-order valence-corrected chi connectivity index (χ2v) is 7.19. The zero-order valence-corrected chi connectivity index (χ0v) is 14.0. The lowest BCUT2D eigenvalue weighted by Crippen LogP contribution is -2.25. The van der Waals surface area contributed by atoms with Gasteiger partial charge in [-0.2, -0.15) is 0 Å². The molecule has 0 aromatic heterocycles. The van der Waals surface area contributed by atoms with Crippen molar-refractivity contribution in [3.05, 3.63) is 64.2 Å². The summed E-state index contributed by atoms with van der Waals surface area (Å²) >= 11 is 6.03. The first-order chi connectivity index (χ1) is 10.4. The first-order valence-corrected chi connectivity index (χ1v) is 8.78. The molecule has 1 N–H and O–H groups in total. The molecule has 4 nitrogen and oxygen atoms in total. The molecular weight excluding hydrogens is 322 g/mol. The minimum Gasteiger partial charge on any atom is -0.495 e. The Morgan fingerprint density at radius 2 is 1.91 bits per heavy atom. The molecule has 22 heavy (non-hydrogen) atoms. The Bertz CT molecular complexity index is 760. The average molecular weight is 340 g/mol. The summed E-state index contributed by atoms with van der Waals surface area (Å²) < 4.78 is 32.0. The van der Waals surface area contributed by atoms with Gasteiger partial charge in [-0.15, -0.1) is 0 Å². The van der Waals surface area contributed by atoms with Crippen LogP contribution in [0.2, 0.25) is 5.02 Å². The predicted octanol–water partition coefficient (Wildman–Crippen LogP) is 3.28. The summed E-state index contributed by atoms with van der Waals surface area (Å²) in [5.74, 6) is 0.525. The molecule has 0 atom stereocenters. The monoisotopic (exact) mass is 339 g/mol. The normalized spacial score (nSPS) is 11.4. The number of hydrogen-bond acceptors (Lipinski definition) is 3. The summed E-state index contributed by atoms with van der Waals surface area (Å²) in [6.45, 7) is 2.09. The van der Waals surface area contributed by atoms with Crippen molar-refractivity contribution < 1.29 is 13.2 Å². The fourth-order valence-electron chi connectivity index (χ4n) is 2.04. The van der Waals surface area contributed by atoms with E-state index >= 15 is 0 Å². The first-order valence-electron chi connectivity index (χ1n) is 6.75.